The van der Waals surface area contributed by atoms with Crippen LogP contribution >= 0.6 is 24.8 Å². The molecule has 1 aliphatic carbocycles. The van der Waals surface area contributed by atoms with Crippen LogP contribution in [0.25, 0.3) is 0 Å². The normalized spacial score (nSPS) is 18.2. The van der Waals surface area contributed by atoms with Gasteiger partial charge < -0.3 is 16.0 Å². The van der Waals surface area contributed by atoms with E-state index in [0.29, 0.717) is 18.5 Å². The first kappa shape index (κ1) is 25.2. The van der Waals surface area contributed by atoms with Gasteiger partial charge in [-0.3, -0.25) is 4.79 Å². The highest BCUT2D eigenvalue weighted by Crippen LogP contribution is 2.28. The summed E-state index contributed by atoms with van der Waals surface area (Å²) in [7, 11) is 4.23. The summed E-state index contributed by atoms with van der Waals surface area (Å²) in [5.41, 5.74) is 7.29. The molecule has 0 saturated heterocycles. The third-order valence-corrected chi connectivity index (χ3v) is 5.48. The largest absolute Gasteiger partial charge is 0.354 e. The molecule has 26 heavy (non-hydrogen) atoms. The van der Waals surface area contributed by atoms with E-state index in [4.69, 9.17) is 5.73 Å². The molecule has 0 spiro atoms. The summed E-state index contributed by atoms with van der Waals surface area (Å²) in [4.78, 5) is 14.8. The molecule has 4 nitrogen and oxygen atoms in total. The molecule has 0 aromatic heterocycles. The number of hydrogen-bond acceptors (Lipinski definition) is 3. The number of amides is 1. The SMILES string of the molecule is CC(C(=O)NCC(C1CCCCC1)N(C)C)C(N)c1ccccc1.Cl.Cl. The molecule has 0 radical (unpaired) electrons. The molecule has 0 heterocycles. The van der Waals surface area contributed by atoms with E-state index in [9.17, 15) is 4.79 Å². The maximum atomic E-state index is 12.6. The lowest BCUT2D eigenvalue weighted by Gasteiger charge is -2.35. The molecule has 1 amide bonds. The summed E-state index contributed by atoms with van der Waals surface area (Å²) in [5, 5.41) is 3.15. The van der Waals surface area contributed by atoms with E-state index in [1.807, 2.05) is 37.3 Å². The molecule has 3 unspecified atom stereocenters. The first-order chi connectivity index (χ1) is 11.5. The minimum Gasteiger partial charge on any atom is -0.354 e. The Morgan fingerprint density at radius 2 is 1.73 bits per heavy atom. The van der Waals surface area contributed by atoms with Gasteiger partial charge in [-0.05, 0) is 38.4 Å². The Labute approximate surface area is 171 Å². The molecule has 1 saturated carbocycles. The summed E-state index contributed by atoms with van der Waals surface area (Å²) >= 11 is 0. The van der Waals surface area contributed by atoms with Crippen LogP contribution in [0.3, 0.4) is 0 Å². The Hall–Kier alpha value is -0.810. The van der Waals surface area contributed by atoms with E-state index in [1.54, 1.807) is 0 Å². The summed E-state index contributed by atoms with van der Waals surface area (Å²) in [6.45, 7) is 2.63. The molecule has 0 bridgehead atoms. The van der Waals surface area contributed by atoms with E-state index < -0.39 is 0 Å². The van der Waals surface area contributed by atoms with Gasteiger partial charge in [-0.2, -0.15) is 0 Å². The van der Waals surface area contributed by atoms with Gasteiger partial charge in [-0.25, -0.2) is 0 Å². The van der Waals surface area contributed by atoms with Crippen LogP contribution in [-0.4, -0.2) is 37.5 Å². The van der Waals surface area contributed by atoms with Gasteiger partial charge in [0.1, 0.15) is 0 Å². The second-order valence-corrected chi connectivity index (χ2v) is 7.40. The second kappa shape index (κ2) is 12.6. The van der Waals surface area contributed by atoms with Crippen LogP contribution in [0.15, 0.2) is 30.3 Å². The van der Waals surface area contributed by atoms with Crippen LogP contribution in [0.2, 0.25) is 0 Å². The fourth-order valence-electron chi connectivity index (χ4n) is 3.78. The Balaban J connectivity index is 0.00000312. The van der Waals surface area contributed by atoms with Crippen LogP contribution in [0.4, 0.5) is 0 Å². The van der Waals surface area contributed by atoms with E-state index in [0.717, 1.165) is 5.56 Å². The molecule has 3 atom stereocenters. The Morgan fingerprint density at radius 3 is 2.27 bits per heavy atom. The molecule has 1 fully saturated rings. The number of nitrogens with two attached hydrogens (primary N) is 1. The van der Waals surface area contributed by atoms with Gasteiger partial charge in [-0.1, -0.05) is 56.5 Å². The van der Waals surface area contributed by atoms with E-state index in [-0.39, 0.29) is 42.7 Å². The van der Waals surface area contributed by atoms with Crippen molar-refractivity contribution < 1.29 is 4.79 Å². The van der Waals surface area contributed by atoms with Crippen molar-refractivity contribution in [1.82, 2.24) is 10.2 Å². The number of carbonyl (C=O) groups is 1. The minimum absolute atomic E-state index is 0. The van der Waals surface area contributed by atoms with Crippen molar-refractivity contribution in [3.8, 4) is 0 Å². The molecule has 150 valence electrons. The predicted molar refractivity (Wildman–Crippen MR) is 114 cm³/mol. The summed E-state index contributed by atoms with van der Waals surface area (Å²) in [6, 6.07) is 10.0. The Kier molecular flexibility index (Phi) is 12.2. The fraction of sp³-hybridized carbons (Fsp3) is 0.650. The number of halogens is 2. The topological polar surface area (TPSA) is 58.4 Å². The van der Waals surface area contributed by atoms with Crippen LogP contribution in [0.1, 0.15) is 50.6 Å². The molecule has 3 N–H and O–H groups in total. The molecular formula is C20H35Cl2N3O. The summed E-state index contributed by atoms with van der Waals surface area (Å²) in [5.74, 6) is 0.503. The molecular weight excluding hydrogens is 369 g/mol. The molecule has 1 aliphatic rings. The number of nitrogens with zero attached hydrogens (tertiary/aromatic N) is 1. The van der Waals surface area contributed by atoms with Crippen LogP contribution in [-0.2, 0) is 4.79 Å². The number of carbonyl (C=O) groups excluding carboxylic acids is 1. The lowest BCUT2D eigenvalue weighted by Crippen LogP contribution is -2.47. The fourth-order valence-corrected chi connectivity index (χ4v) is 3.78. The zero-order valence-electron chi connectivity index (χ0n) is 16.2. The molecule has 2 rings (SSSR count). The van der Waals surface area contributed by atoms with Gasteiger partial charge in [-0.15, -0.1) is 24.8 Å². The highest BCUT2D eigenvalue weighted by atomic mass is 35.5. The zero-order chi connectivity index (χ0) is 17.5. The molecule has 6 heteroatoms. The smallest absolute Gasteiger partial charge is 0.224 e. The number of nitrogens with one attached hydrogen (secondary N) is 1. The van der Waals surface area contributed by atoms with Gasteiger partial charge in [0.2, 0.25) is 5.91 Å². The first-order valence-electron chi connectivity index (χ1n) is 9.25. The maximum Gasteiger partial charge on any atom is 0.224 e. The number of likely N-dealkylation sites (N-methyl/N-ethyl adjacent to an activating group) is 1. The number of benzene rings is 1. The van der Waals surface area contributed by atoms with E-state index >= 15 is 0 Å². The van der Waals surface area contributed by atoms with Crippen LogP contribution < -0.4 is 11.1 Å². The molecule has 0 aliphatic heterocycles. The number of hydrogen-bond donors (Lipinski definition) is 2. The van der Waals surface area contributed by atoms with Gasteiger partial charge in [0.15, 0.2) is 0 Å². The highest BCUT2D eigenvalue weighted by molar-refractivity contribution is 5.85. The lowest BCUT2D eigenvalue weighted by molar-refractivity contribution is -0.125. The van der Waals surface area contributed by atoms with Crippen molar-refractivity contribution >= 4 is 30.7 Å². The molecule has 1 aromatic carbocycles. The summed E-state index contributed by atoms with van der Waals surface area (Å²) in [6.07, 6.45) is 6.54. The average molecular weight is 404 g/mol. The van der Waals surface area contributed by atoms with Crippen LogP contribution in [0, 0.1) is 11.8 Å². The van der Waals surface area contributed by atoms with Crippen molar-refractivity contribution in [2.45, 2.75) is 51.1 Å². The maximum absolute atomic E-state index is 12.6. The van der Waals surface area contributed by atoms with E-state index in [1.165, 1.54) is 32.1 Å². The van der Waals surface area contributed by atoms with Gasteiger partial charge in [0.25, 0.3) is 0 Å². The lowest BCUT2D eigenvalue weighted by atomic mass is 9.83. The van der Waals surface area contributed by atoms with Crippen molar-refractivity contribution in [2.75, 3.05) is 20.6 Å². The van der Waals surface area contributed by atoms with Gasteiger partial charge >= 0.3 is 0 Å². The standard InChI is InChI=1S/C20H33N3O.2ClH/c1-15(19(21)17-12-8-5-9-13-17)20(24)22-14-18(23(2)3)16-10-6-4-7-11-16;;/h5,8-9,12-13,15-16,18-19H,4,6-7,10-11,14,21H2,1-3H3,(H,22,24);2*1H. The minimum atomic E-state index is -0.265. The zero-order valence-corrected chi connectivity index (χ0v) is 17.8. The Morgan fingerprint density at radius 1 is 1.15 bits per heavy atom. The second-order valence-electron chi connectivity index (χ2n) is 7.40. The predicted octanol–water partition coefficient (Wildman–Crippen LogP) is 3.79. The van der Waals surface area contributed by atoms with Crippen LogP contribution in [0.5, 0.6) is 0 Å². The van der Waals surface area contributed by atoms with Gasteiger partial charge in [0, 0.05) is 18.6 Å². The van der Waals surface area contributed by atoms with Gasteiger partial charge in [0.05, 0.1) is 5.92 Å². The Bertz CT molecular complexity index is 507. The first-order valence-corrected chi connectivity index (χ1v) is 9.25. The summed E-state index contributed by atoms with van der Waals surface area (Å²) < 4.78 is 0. The van der Waals surface area contributed by atoms with Crippen molar-refractivity contribution in [1.29, 1.82) is 0 Å². The third kappa shape index (κ3) is 7.07. The average Bonchev–Trinajstić information content (AvgIpc) is 2.61. The monoisotopic (exact) mass is 403 g/mol. The van der Waals surface area contributed by atoms with Crippen molar-refractivity contribution in [3.63, 3.8) is 0 Å². The van der Waals surface area contributed by atoms with E-state index in [2.05, 4.69) is 24.3 Å². The quantitative estimate of drug-likeness (QED) is 0.727. The van der Waals surface area contributed by atoms with Crippen molar-refractivity contribution in [2.24, 2.45) is 17.6 Å². The number of rotatable bonds is 7. The highest BCUT2D eigenvalue weighted by Gasteiger charge is 2.27. The third-order valence-electron chi connectivity index (χ3n) is 5.48. The molecule has 1 aromatic rings. The van der Waals surface area contributed by atoms with Crippen molar-refractivity contribution in [3.05, 3.63) is 35.9 Å².